The zero-order chi connectivity index (χ0) is 22.8. The molecule has 0 bridgehead atoms. The van der Waals surface area contributed by atoms with Crippen LogP contribution >= 0.6 is 0 Å². The second-order valence-corrected chi connectivity index (χ2v) is 6.69. The first-order chi connectivity index (χ1) is 15.5. The normalized spacial score (nSPS) is 10.8. The number of fused-ring (bicyclic) bond motifs is 1. The van der Waals surface area contributed by atoms with Crippen LogP contribution < -0.4 is 25.6 Å². The van der Waals surface area contributed by atoms with Gasteiger partial charge in [0.15, 0.2) is 28.7 Å². The zero-order valence-corrected chi connectivity index (χ0v) is 17.7. The summed E-state index contributed by atoms with van der Waals surface area (Å²) in [6.45, 7) is 2.40. The van der Waals surface area contributed by atoms with Gasteiger partial charge in [-0.05, 0) is 43.3 Å². The maximum Gasteiger partial charge on any atom is 0.332 e. The molecule has 0 fully saturated rings. The molecule has 0 aliphatic carbocycles. The number of rotatable bonds is 7. The number of aromatic nitrogens is 4. The van der Waals surface area contributed by atoms with Crippen LogP contribution in [-0.4, -0.2) is 46.3 Å². The fourth-order valence-corrected chi connectivity index (χ4v) is 3.44. The minimum atomic E-state index is -0.805. The van der Waals surface area contributed by atoms with Gasteiger partial charge < -0.3 is 24.9 Å². The molecule has 4 rings (SSSR count). The van der Waals surface area contributed by atoms with Crippen molar-refractivity contribution in [3.8, 4) is 34.3 Å². The highest BCUT2D eigenvalue weighted by Crippen LogP contribution is 2.37. The molecule has 2 aromatic heterocycles. The number of nitrogens with zero attached hydrogens (tertiary/aromatic N) is 3. The van der Waals surface area contributed by atoms with Gasteiger partial charge >= 0.3 is 5.69 Å². The average Bonchev–Trinajstić information content (AvgIpc) is 3.14. The van der Waals surface area contributed by atoms with E-state index in [1.807, 2.05) is 6.92 Å². The van der Waals surface area contributed by atoms with Crippen molar-refractivity contribution >= 4 is 17.1 Å². The van der Waals surface area contributed by atoms with Crippen LogP contribution in [0.5, 0.6) is 17.2 Å². The van der Waals surface area contributed by atoms with Gasteiger partial charge in [0, 0.05) is 0 Å². The summed E-state index contributed by atoms with van der Waals surface area (Å²) in [4.78, 5) is 36.5. The predicted octanol–water partition coefficient (Wildman–Crippen LogP) is 2.29. The molecular weight excluding hydrogens is 414 g/mol. The molecule has 0 saturated heterocycles. The Morgan fingerprint density at radius 3 is 2.47 bits per heavy atom. The largest absolute Gasteiger partial charge is 0.494 e. The Hall–Kier alpha value is -4.34. The SMILES string of the molecule is CCOc1ccc(-n2c(=O)[nH]c3c(C(N)=O)nc(-c4cccc(OC)c4OC)nc32)cc1. The number of primary amides is 1. The number of imidazole rings is 1. The van der Waals surface area contributed by atoms with Gasteiger partial charge in [0.05, 0.1) is 32.1 Å². The first-order valence-corrected chi connectivity index (χ1v) is 9.75. The minimum Gasteiger partial charge on any atom is -0.494 e. The molecule has 10 nitrogen and oxygen atoms in total. The number of methoxy groups -OCH3 is 2. The van der Waals surface area contributed by atoms with E-state index < -0.39 is 11.6 Å². The van der Waals surface area contributed by atoms with Crippen LogP contribution in [0.3, 0.4) is 0 Å². The first kappa shape index (κ1) is 20.9. The third-order valence-corrected chi connectivity index (χ3v) is 4.82. The maximum absolute atomic E-state index is 12.8. The number of ether oxygens (including phenoxy) is 3. The number of benzene rings is 2. The number of nitrogens with two attached hydrogens (primary N) is 1. The molecule has 0 unspecified atom stereocenters. The van der Waals surface area contributed by atoms with Crippen molar-refractivity contribution in [1.82, 2.24) is 19.5 Å². The third-order valence-electron chi connectivity index (χ3n) is 4.82. The maximum atomic E-state index is 12.8. The Morgan fingerprint density at radius 1 is 1.09 bits per heavy atom. The topological polar surface area (TPSA) is 134 Å². The number of carbonyl (C=O) groups is 1. The Kier molecular flexibility index (Phi) is 5.50. The van der Waals surface area contributed by atoms with E-state index in [9.17, 15) is 9.59 Å². The molecule has 0 radical (unpaired) electrons. The van der Waals surface area contributed by atoms with Gasteiger partial charge in [-0.3, -0.25) is 4.79 Å². The van der Waals surface area contributed by atoms with E-state index in [2.05, 4.69) is 15.0 Å². The van der Waals surface area contributed by atoms with Crippen molar-refractivity contribution in [2.75, 3.05) is 20.8 Å². The minimum absolute atomic E-state index is 0.114. The Bertz CT molecular complexity index is 1360. The molecule has 0 atom stereocenters. The van der Waals surface area contributed by atoms with Crippen molar-refractivity contribution in [3.05, 3.63) is 58.6 Å². The first-order valence-electron chi connectivity index (χ1n) is 9.75. The summed E-state index contributed by atoms with van der Waals surface area (Å²) >= 11 is 0. The quantitative estimate of drug-likeness (QED) is 0.455. The number of carbonyl (C=O) groups excluding carboxylic acids is 1. The molecule has 0 aliphatic rings. The van der Waals surface area contributed by atoms with Crippen LogP contribution in [-0.2, 0) is 0 Å². The van der Waals surface area contributed by atoms with Crippen molar-refractivity contribution in [2.24, 2.45) is 5.73 Å². The van der Waals surface area contributed by atoms with Gasteiger partial charge in [-0.1, -0.05) is 6.07 Å². The molecule has 32 heavy (non-hydrogen) atoms. The summed E-state index contributed by atoms with van der Waals surface area (Å²) in [5.41, 5.74) is 6.31. The lowest BCUT2D eigenvalue weighted by molar-refractivity contribution is 0.0997. The smallest absolute Gasteiger partial charge is 0.332 e. The molecule has 0 aliphatic heterocycles. The Morgan fingerprint density at radius 2 is 1.84 bits per heavy atom. The number of hydrogen-bond donors (Lipinski definition) is 2. The van der Waals surface area contributed by atoms with E-state index in [0.29, 0.717) is 35.1 Å². The van der Waals surface area contributed by atoms with Gasteiger partial charge in [-0.25, -0.2) is 19.3 Å². The number of hydrogen-bond acceptors (Lipinski definition) is 7. The molecule has 164 valence electrons. The van der Waals surface area contributed by atoms with Crippen molar-refractivity contribution in [3.63, 3.8) is 0 Å². The van der Waals surface area contributed by atoms with E-state index in [0.717, 1.165) is 0 Å². The Labute approximate surface area is 182 Å². The summed E-state index contributed by atoms with van der Waals surface area (Å²) in [7, 11) is 3.00. The molecule has 1 amide bonds. The molecule has 4 aromatic rings. The second-order valence-electron chi connectivity index (χ2n) is 6.69. The molecule has 2 aromatic carbocycles. The highest BCUT2D eigenvalue weighted by Gasteiger charge is 2.22. The van der Waals surface area contributed by atoms with Gasteiger partial charge in [0.25, 0.3) is 5.91 Å². The fourth-order valence-electron chi connectivity index (χ4n) is 3.44. The van der Waals surface area contributed by atoms with E-state index >= 15 is 0 Å². The standard InChI is InChI=1S/C22H21N5O5/c1-4-32-13-10-8-12(9-11-13)27-21-17(25-22(27)29)16(19(23)28)24-20(26-21)14-6-5-7-15(30-2)18(14)31-3/h5-11H,4H2,1-3H3,(H2,23,28)(H,25,29). The van der Waals surface area contributed by atoms with Gasteiger partial charge in [-0.15, -0.1) is 0 Å². The molecule has 3 N–H and O–H groups in total. The monoisotopic (exact) mass is 435 g/mol. The summed E-state index contributed by atoms with van der Waals surface area (Å²) in [5, 5.41) is 0. The number of aromatic amines is 1. The van der Waals surface area contributed by atoms with Crippen molar-refractivity contribution < 1.29 is 19.0 Å². The number of para-hydroxylation sites is 1. The van der Waals surface area contributed by atoms with Crippen molar-refractivity contribution in [1.29, 1.82) is 0 Å². The van der Waals surface area contributed by atoms with Gasteiger partial charge in [0.1, 0.15) is 11.3 Å². The van der Waals surface area contributed by atoms with Crippen LogP contribution in [0.15, 0.2) is 47.3 Å². The summed E-state index contributed by atoms with van der Waals surface area (Å²) < 4.78 is 17.6. The fraction of sp³-hybridized carbons (Fsp3) is 0.182. The zero-order valence-electron chi connectivity index (χ0n) is 17.7. The number of amides is 1. The molecule has 0 saturated carbocycles. The van der Waals surface area contributed by atoms with Crippen LogP contribution in [0.25, 0.3) is 28.2 Å². The van der Waals surface area contributed by atoms with Crippen LogP contribution in [0.2, 0.25) is 0 Å². The lowest BCUT2D eigenvalue weighted by atomic mass is 10.1. The summed E-state index contributed by atoms with van der Waals surface area (Å²) in [5.74, 6) is 0.863. The molecule has 10 heteroatoms. The van der Waals surface area contributed by atoms with Crippen LogP contribution in [0.1, 0.15) is 17.4 Å². The number of nitrogens with one attached hydrogen (secondary N) is 1. The summed E-state index contributed by atoms with van der Waals surface area (Å²) in [6, 6.07) is 12.1. The molecule has 0 spiro atoms. The van der Waals surface area contributed by atoms with Gasteiger partial charge in [-0.2, -0.15) is 0 Å². The highest BCUT2D eigenvalue weighted by atomic mass is 16.5. The number of H-pyrrole nitrogens is 1. The Balaban J connectivity index is 2.00. The molecule has 2 heterocycles. The van der Waals surface area contributed by atoms with E-state index in [1.54, 1.807) is 42.5 Å². The van der Waals surface area contributed by atoms with Crippen LogP contribution in [0.4, 0.5) is 0 Å². The highest BCUT2D eigenvalue weighted by molar-refractivity contribution is 6.02. The third kappa shape index (κ3) is 3.51. The summed E-state index contributed by atoms with van der Waals surface area (Å²) in [6.07, 6.45) is 0. The van der Waals surface area contributed by atoms with Crippen LogP contribution in [0, 0.1) is 0 Å². The second kappa shape index (κ2) is 8.42. The van der Waals surface area contributed by atoms with Crippen molar-refractivity contribution in [2.45, 2.75) is 6.92 Å². The average molecular weight is 435 g/mol. The van der Waals surface area contributed by atoms with E-state index in [4.69, 9.17) is 19.9 Å². The lowest BCUT2D eigenvalue weighted by Gasteiger charge is -2.12. The predicted molar refractivity (Wildman–Crippen MR) is 118 cm³/mol. The van der Waals surface area contributed by atoms with Gasteiger partial charge in [0.2, 0.25) is 0 Å². The molecular formula is C22H21N5O5. The van der Waals surface area contributed by atoms with E-state index in [-0.39, 0.29) is 22.7 Å². The van der Waals surface area contributed by atoms with E-state index in [1.165, 1.54) is 18.8 Å². The lowest BCUT2D eigenvalue weighted by Crippen LogP contribution is -2.15.